The quantitative estimate of drug-likeness (QED) is 0.876. The van der Waals surface area contributed by atoms with E-state index in [1.54, 1.807) is 13.0 Å². The van der Waals surface area contributed by atoms with Gasteiger partial charge in [0.1, 0.15) is 5.82 Å². The molecule has 1 heterocycles. The minimum absolute atomic E-state index is 0.0358. The number of halogens is 2. The van der Waals surface area contributed by atoms with Gasteiger partial charge in [0.05, 0.1) is 23.8 Å². The number of imide groups is 1. The van der Waals surface area contributed by atoms with Crippen molar-refractivity contribution >= 4 is 23.5 Å². The summed E-state index contributed by atoms with van der Waals surface area (Å²) in [5.74, 6) is -0.872. The maximum Gasteiger partial charge on any atom is 0.321 e. The van der Waals surface area contributed by atoms with Gasteiger partial charge in [-0.15, -0.1) is 0 Å². The van der Waals surface area contributed by atoms with Gasteiger partial charge < -0.3 is 10.1 Å². The van der Waals surface area contributed by atoms with Crippen molar-refractivity contribution in [1.29, 1.82) is 0 Å². The van der Waals surface area contributed by atoms with E-state index in [0.29, 0.717) is 19.7 Å². The number of benzene rings is 1. The van der Waals surface area contributed by atoms with Crippen molar-refractivity contribution in [3.63, 3.8) is 0 Å². The Balaban J connectivity index is 2.03. The average molecular weight is 344 g/mol. The van der Waals surface area contributed by atoms with E-state index < -0.39 is 17.9 Å². The molecule has 0 spiro atoms. The molecule has 126 valence electrons. The van der Waals surface area contributed by atoms with Crippen LogP contribution >= 0.6 is 11.6 Å². The minimum atomic E-state index is -0.544. The SMILES string of the molecule is CNC(=O)NC(=O)[C@H](C)N1CCO[C@@H](c2ccc(F)c(Cl)c2)C1. The van der Waals surface area contributed by atoms with Crippen molar-refractivity contribution in [2.75, 3.05) is 26.7 Å². The molecule has 0 aromatic heterocycles. The molecule has 8 heteroatoms. The third-order valence-electron chi connectivity index (χ3n) is 3.80. The third-order valence-corrected chi connectivity index (χ3v) is 4.09. The van der Waals surface area contributed by atoms with Crippen molar-refractivity contribution in [2.24, 2.45) is 0 Å². The Morgan fingerprint density at radius 3 is 2.87 bits per heavy atom. The van der Waals surface area contributed by atoms with Crippen LogP contribution in [-0.4, -0.2) is 49.6 Å². The third kappa shape index (κ3) is 4.40. The molecule has 23 heavy (non-hydrogen) atoms. The van der Waals surface area contributed by atoms with Gasteiger partial charge in [-0.25, -0.2) is 9.18 Å². The fraction of sp³-hybridized carbons (Fsp3) is 0.467. The number of hydrogen-bond donors (Lipinski definition) is 2. The van der Waals surface area contributed by atoms with Crippen molar-refractivity contribution in [3.05, 3.63) is 34.6 Å². The highest BCUT2D eigenvalue weighted by atomic mass is 35.5. The van der Waals surface area contributed by atoms with Crippen molar-refractivity contribution in [1.82, 2.24) is 15.5 Å². The van der Waals surface area contributed by atoms with Crippen molar-refractivity contribution in [2.45, 2.75) is 19.1 Å². The number of carbonyl (C=O) groups is 2. The van der Waals surface area contributed by atoms with E-state index in [1.165, 1.54) is 19.2 Å². The van der Waals surface area contributed by atoms with E-state index in [2.05, 4.69) is 10.6 Å². The van der Waals surface area contributed by atoms with E-state index in [-0.39, 0.29) is 17.0 Å². The molecule has 1 aliphatic rings. The van der Waals surface area contributed by atoms with Crippen LogP contribution in [0.2, 0.25) is 5.02 Å². The van der Waals surface area contributed by atoms with Crippen LogP contribution in [0, 0.1) is 5.82 Å². The second-order valence-electron chi connectivity index (χ2n) is 5.27. The molecule has 0 unspecified atom stereocenters. The van der Waals surface area contributed by atoms with E-state index in [4.69, 9.17) is 16.3 Å². The van der Waals surface area contributed by atoms with Crippen molar-refractivity contribution < 1.29 is 18.7 Å². The second kappa shape index (κ2) is 7.72. The van der Waals surface area contributed by atoms with Crippen LogP contribution < -0.4 is 10.6 Å². The zero-order chi connectivity index (χ0) is 17.0. The highest BCUT2D eigenvalue weighted by molar-refractivity contribution is 6.30. The van der Waals surface area contributed by atoms with Gasteiger partial charge in [-0.3, -0.25) is 15.0 Å². The van der Waals surface area contributed by atoms with Gasteiger partial charge in [0, 0.05) is 20.1 Å². The number of morpholine rings is 1. The van der Waals surface area contributed by atoms with Gasteiger partial charge in [0.2, 0.25) is 5.91 Å². The summed E-state index contributed by atoms with van der Waals surface area (Å²) in [6.45, 7) is 3.16. The van der Waals surface area contributed by atoms with Crippen LogP contribution in [0.3, 0.4) is 0 Å². The molecule has 1 fully saturated rings. The molecule has 1 aromatic carbocycles. The smallest absolute Gasteiger partial charge is 0.321 e. The zero-order valence-electron chi connectivity index (χ0n) is 12.9. The second-order valence-corrected chi connectivity index (χ2v) is 5.68. The number of carbonyl (C=O) groups excluding carboxylic acids is 2. The fourth-order valence-corrected chi connectivity index (χ4v) is 2.57. The molecule has 3 amide bonds. The maximum absolute atomic E-state index is 13.3. The first kappa shape index (κ1) is 17.7. The monoisotopic (exact) mass is 343 g/mol. The summed E-state index contributed by atoms with van der Waals surface area (Å²) >= 11 is 5.80. The first-order valence-electron chi connectivity index (χ1n) is 7.25. The van der Waals surface area contributed by atoms with Crippen LogP contribution in [0.25, 0.3) is 0 Å². The number of nitrogens with one attached hydrogen (secondary N) is 2. The molecule has 2 N–H and O–H groups in total. The molecule has 1 aromatic rings. The number of nitrogens with zero attached hydrogens (tertiary/aromatic N) is 1. The van der Waals surface area contributed by atoms with Gasteiger partial charge in [0.25, 0.3) is 0 Å². The Morgan fingerprint density at radius 1 is 1.48 bits per heavy atom. The number of rotatable bonds is 3. The molecule has 0 bridgehead atoms. The summed E-state index contributed by atoms with van der Waals surface area (Å²) < 4.78 is 18.9. The van der Waals surface area contributed by atoms with E-state index >= 15 is 0 Å². The minimum Gasteiger partial charge on any atom is -0.371 e. The largest absolute Gasteiger partial charge is 0.371 e. The Hall–Kier alpha value is -1.70. The number of hydrogen-bond acceptors (Lipinski definition) is 4. The van der Waals surface area contributed by atoms with Crippen LogP contribution in [0.1, 0.15) is 18.6 Å². The standard InChI is InChI=1S/C15H19ClFN3O3/c1-9(14(21)19-15(22)18-2)20-5-6-23-13(8-20)10-3-4-12(17)11(16)7-10/h3-4,7,9,13H,5-6,8H2,1-2H3,(H2,18,19,21,22)/t9-,13+/m0/s1. The molecule has 0 radical (unpaired) electrons. The number of amides is 3. The average Bonchev–Trinajstić information content (AvgIpc) is 2.56. The topological polar surface area (TPSA) is 70.7 Å². The molecule has 0 saturated carbocycles. The summed E-state index contributed by atoms with van der Waals surface area (Å²) in [5.41, 5.74) is 0.750. The summed E-state index contributed by atoms with van der Waals surface area (Å²) in [5, 5.41) is 4.63. The molecular weight excluding hydrogens is 325 g/mol. The molecule has 2 rings (SSSR count). The molecule has 2 atom stereocenters. The maximum atomic E-state index is 13.3. The lowest BCUT2D eigenvalue weighted by Crippen LogP contribution is -2.52. The predicted molar refractivity (Wildman–Crippen MR) is 83.7 cm³/mol. The van der Waals surface area contributed by atoms with Gasteiger partial charge in [-0.05, 0) is 24.6 Å². The lowest BCUT2D eigenvalue weighted by molar-refractivity contribution is -0.128. The van der Waals surface area contributed by atoms with Gasteiger partial charge in [-0.1, -0.05) is 17.7 Å². The van der Waals surface area contributed by atoms with Crippen LogP contribution in [0.4, 0.5) is 9.18 Å². The van der Waals surface area contributed by atoms with Gasteiger partial charge in [-0.2, -0.15) is 0 Å². The van der Waals surface area contributed by atoms with E-state index in [1.807, 2.05) is 4.90 Å². The Bertz CT molecular complexity index is 599. The molecule has 1 aliphatic heterocycles. The normalized spacial score (nSPS) is 19.9. The molecule has 6 nitrogen and oxygen atoms in total. The summed E-state index contributed by atoms with van der Waals surface area (Å²) in [4.78, 5) is 25.2. The first-order valence-corrected chi connectivity index (χ1v) is 7.63. The predicted octanol–water partition coefficient (Wildman–Crippen LogP) is 1.70. The van der Waals surface area contributed by atoms with Crippen LogP contribution in [0.15, 0.2) is 18.2 Å². The van der Waals surface area contributed by atoms with Gasteiger partial charge in [0.15, 0.2) is 0 Å². The summed E-state index contributed by atoms with van der Waals surface area (Å²) in [6.07, 6.45) is -0.308. The molecular formula is C15H19ClFN3O3. The highest BCUT2D eigenvalue weighted by Gasteiger charge is 2.29. The summed E-state index contributed by atoms with van der Waals surface area (Å²) in [6, 6.07) is 3.40. The Labute approximate surface area is 138 Å². The fourth-order valence-electron chi connectivity index (χ4n) is 2.38. The molecule has 1 saturated heterocycles. The summed E-state index contributed by atoms with van der Waals surface area (Å²) in [7, 11) is 1.44. The van der Waals surface area contributed by atoms with E-state index in [9.17, 15) is 14.0 Å². The number of urea groups is 1. The lowest BCUT2D eigenvalue weighted by Gasteiger charge is -2.36. The number of ether oxygens (including phenoxy) is 1. The molecule has 0 aliphatic carbocycles. The Kier molecular flexibility index (Phi) is 5.92. The van der Waals surface area contributed by atoms with Gasteiger partial charge >= 0.3 is 6.03 Å². The Morgan fingerprint density at radius 2 is 2.22 bits per heavy atom. The highest BCUT2D eigenvalue weighted by Crippen LogP contribution is 2.26. The first-order chi connectivity index (χ1) is 10.9. The van der Waals surface area contributed by atoms with Crippen LogP contribution in [-0.2, 0) is 9.53 Å². The lowest BCUT2D eigenvalue weighted by atomic mass is 10.1. The van der Waals surface area contributed by atoms with E-state index in [0.717, 1.165) is 5.56 Å². The van der Waals surface area contributed by atoms with Crippen LogP contribution in [0.5, 0.6) is 0 Å². The zero-order valence-corrected chi connectivity index (χ0v) is 13.7. The van der Waals surface area contributed by atoms with Crippen molar-refractivity contribution in [3.8, 4) is 0 Å².